The Balaban J connectivity index is 0.000000354. The molecular formula is C11H19N. The first-order valence-corrected chi connectivity index (χ1v) is 4.59. The fourth-order valence-electron chi connectivity index (χ4n) is 0.933. The van der Waals surface area contributed by atoms with Gasteiger partial charge in [-0.15, -0.1) is 0 Å². The number of hydrogen-bond acceptors (Lipinski definition) is 1. The molecule has 1 aromatic carbocycles. The van der Waals surface area contributed by atoms with E-state index in [0.29, 0.717) is 0 Å². The first kappa shape index (κ1) is 11.2. The summed E-state index contributed by atoms with van der Waals surface area (Å²) in [6.45, 7) is 4.85. The molecule has 0 radical (unpaired) electrons. The molecule has 68 valence electrons. The van der Waals surface area contributed by atoms with Crippen molar-refractivity contribution in [2.45, 2.75) is 26.7 Å². The second kappa shape index (κ2) is 8.28. The molecule has 0 saturated carbocycles. The molecule has 0 aliphatic carbocycles. The van der Waals surface area contributed by atoms with Crippen LogP contribution in [0, 0.1) is 0 Å². The van der Waals surface area contributed by atoms with Crippen LogP contribution in [0.2, 0.25) is 0 Å². The summed E-state index contributed by atoms with van der Waals surface area (Å²) in [5.41, 5.74) is 6.29. The van der Waals surface area contributed by atoms with Gasteiger partial charge in [-0.1, -0.05) is 50.6 Å². The molecule has 12 heavy (non-hydrogen) atoms. The first-order valence-electron chi connectivity index (χ1n) is 4.59. The summed E-state index contributed by atoms with van der Waals surface area (Å²) in [4.78, 5) is 0. The molecule has 1 nitrogen and oxygen atoms in total. The standard InChI is InChI=1S/C9H12.C2H7N/c1-2-6-9-7-4-3-5-8-9;1-2-3/h3-5,7-8H,2,6H2,1H3;2-3H2,1H3. The highest BCUT2D eigenvalue weighted by Gasteiger charge is 1.84. The van der Waals surface area contributed by atoms with Crippen LogP contribution in [-0.4, -0.2) is 6.54 Å². The van der Waals surface area contributed by atoms with Crippen molar-refractivity contribution in [3.05, 3.63) is 35.9 Å². The number of rotatable bonds is 2. The van der Waals surface area contributed by atoms with Crippen LogP contribution in [0.25, 0.3) is 0 Å². The van der Waals surface area contributed by atoms with Crippen LogP contribution in [0.15, 0.2) is 30.3 Å². The summed E-state index contributed by atoms with van der Waals surface area (Å²) in [7, 11) is 0. The SMILES string of the molecule is CCCc1ccccc1.CCN. The largest absolute Gasteiger partial charge is 0.331 e. The highest BCUT2D eigenvalue weighted by Crippen LogP contribution is 2.00. The Kier molecular flexibility index (Phi) is 7.71. The summed E-state index contributed by atoms with van der Waals surface area (Å²) in [5, 5.41) is 0. The maximum Gasteiger partial charge on any atom is -0.0106 e. The zero-order valence-corrected chi connectivity index (χ0v) is 8.09. The van der Waals surface area contributed by atoms with E-state index in [0.717, 1.165) is 6.54 Å². The Morgan fingerprint density at radius 3 is 2.00 bits per heavy atom. The van der Waals surface area contributed by atoms with Crippen molar-refractivity contribution in [3.63, 3.8) is 0 Å². The normalized spacial score (nSPS) is 8.58. The quantitative estimate of drug-likeness (QED) is 0.716. The molecule has 0 atom stereocenters. The van der Waals surface area contributed by atoms with Crippen LogP contribution in [0.4, 0.5) is 0 Å². The molecule has 0 unspecified atom stereocenters. The highest BCUT2D eigenvalue weighted by molar-refractivity contribution is 5.14. The van der Waals surface area contributed by atoms with Gasteiger partial charge in [-0.25, -0.2) is 0 Å². The molecule has 0 aliphatic heterocycles. The van der Waals surface area contributed by atoms with E-state index < -0.39 is 0 Å². The predicted molar refractivity (Wildman–Crippen MR) is 55.2 cm³/mol. The molecular weight excluding hydrogens is 146 g/mol. The van der Waals surface area contributed by atoms with Crippen molar-refractivity contribution >= 4 is 0 Å². The fraction of sp³-hybridized carbons (Fsp3) is 0.455. The van der Waals surface area contributed by atoms with E-state index in [2.05, 4.69) is 37.3 Å². The summed E-state index contributed by atoms with van der Waals surface area (Å²) in [6.07, 6.45) is 2.45. The van der Waals surface area contributed by atoms with Crippen molar-refractivity contribution in [2.24, 2.45) is 5.73 Å². The maximum absolute atomic E-state index is 4.85. The summed E-state index contributed by atoms with van der Waals surface area (Å²) < 4.78 is 0. The molecule has 0 amide bonds. The second-order valence-electron chi connectivity index (χ2n) is 2.64. The van der Waals surface area contributed by atoms with E-state index in [1.807, 2.05) is 6.92 Å². The summed E-state index contributed by atoms with van der Waals surface area (Å²) >= 11 is 0. The summed E-state index contributed by atoms with van der Waals surface area (Å²) in [6, 6.07) is 10.6. The van der Waals surface area contributed by atoms with Crippen LogP contribution in [0.3, 0.4) is 0 Å². The lowest BCUT2D eigenvalue weighted by Gasteiger charge is -1.93. The van der Waals surface area contributed by atoms with Gasteiger partial charge in [-0.3, -0.25) is 0 Å². The van der Waals surface area contributed by atoms with Crippen LogP contribution < -0.4 is 5.73 Å². The van der Waals surface area contributed by atoms with Crippen molar-refractivity contribution in [3.8, 4) is 0 Å². The van der Waals surface area contributed by atoms with E-state index in [1.165, 1.54) is 18.4 Å². The molecule has 0 aliphatic rings. The predicted octanol–water partition coefficient (Wildman–Crippen LogP) is 2.60. The van der Waals surface area contributed by atoms with Gasteiger partial charge >= 0.3 is 0 Å². The Hall–Kier alpha value is -0.820. The average Bonchev–Trinajstić information content (AvgIpc) is 2.08. The van der Waals surface area contributed by atoms with Crippen LogP contribution in [0.1, 0.15) is 25.8 Å². The van der Waals surface area contributed by atoms with Crippen molar-refractivity contribution in [2.75, 3.05) is 6.54 Å². The monoisotopic (exact) mass is 165 g/mol. The molecule has 0 spiro atoms. The second-order valence-corrected chi connectivity index (χ2v) is 2.64. The van der Waals surface area contributed by atoms with Gasteiger partial charge in [-0.05, 0) is 18.5 Å². The molecule has 1 rings (SSSR count). The molecule has 1 aromatic rings. The molecule has 0 saturated heterocycles. The van der Waals surface area contributed by atoms with Gasteiger partial charge in [0.1, 0.15) is 0 Å². The Morgan fingerprint density at radius 2 is 1.58 bits per heavy atom. The van der Waals surface area contributed by atoms with E-state index >= 15 is 0 Å². The van der Waals surface area contributed by atoms with Crippen LogP contribution in [-0.2, 0) is 6.42 Å². The first-order chi connectivity index (χ1) is 5.85. The molecule has 0 bridgehead atoms. The molecule has 1 heteroatoms. The van der Waals surface area contributed by atoms with Gasteiger partial charge in [0.2, 0.25) is 0 Å². The van der Waals surface area contributed by atoms with Crippen molar-refractivity contribution in [1.29, 1.82) is 0 Å². The third kappa shape index (κ3) is 5.93. The van der Waals surface area contributed by atoms with E-state index in [1.54, 1.807) is 0 Å². The Morgan fingerprint density at radius 1 is 1.08 bits per heavy atom. The molecule has 0 aromatic heterocycles. The Labute approximate surface area is 75.6 Å². The van der Waals surface area contributed by atoms with Crippen LogP contribution in [0.5, 0.6) is 0 Å². The lowest BCUT2D eigenvalue weighted by atomic mass is 10.1. The van der Waals surface area contributed by atoms with Gasteiger partial charge in [0, 0.05) is 0 Å². The molecule has 0 heterocycles. The van der Waals surface area contributed by atoms with Crippen molar-refractivity contribution < 1.29 is 0 Å². The topological polar surface area (TPSA) is 26.0 Å². The number of nitrogens with two attached hydrogens (primary N) is 1. The van der Waals surface area contributed by atoms with E-state index in [9.17, 15) is 0 Å². The lowest BCUT2D eigenvalue weighted by Crippen LogP contribution is -1.87. The number of benzene rings is 1. The maximum atomic E-state index is 4.85. The highest BCUT2D eigenvalue weighted by atomic mass is 14.5. The smallest absolute Gasteiger partial charge is 0.0106 e. The molecule has 2 N–H and O–H groups in total. The van der Waals surface area contributed by atoms with Crippen molar-refractivity contribution in [1.82, 2.24) is 0 Å². The van der Waals surface area contributed by atoms with E-state index in [4.69, 9.17) is 5.73 Å². The Bertz CT molecular complexity index is 170. The zero-order valence-electron chi connectivity index (χ0n) is 8.09. The zero-order chi connectivity index (χ0) is 9.23. The van der Waals surface area contributed by atoms with Gasteiger partial charge in [0.05, 0.1) is 0 Å². The summed E-state index contributed by atoms with van der Waals surface area (Å²) in [5.74, 6) is 0. The van der Waals surface area contributed by atoms with Crippen LogP contribution >= 0.6 is 0 Å². The van der Waals surface area contributed by atoms with Gasteiger partial charge in [-0.2, -0.15) is 0 Å². The van der Waals surface area contributed by atoms with Gasteiger partial charge in [0.15, 0.2) is 0 Å². The van der Waals surface area contributed by atoms with Gasteiger partial charge < -0.3 is 5.73 Å². The third-order valence-corrected chi connectivity index (χ3v) is 1.38. The van der Waals surface area contributed by atoms with E-state index in [-0.39, 0.29) is 0 Å². The minimum Gasteiger partial charge on any atom is -0.331 e. The average molecular weight is 165 g/mol. The van der Waals surface area contributed by atoms with Gasteiger partial charge in [0.25, 0.3) is 0 Å². The molecule has 0 fully saturated rings. The third-order valence-electron chi connectivity index (χ3n) is 1.38. The number of hydrogen-bond donors (Lipinski definition) is 1. The fourth-order valence-corrected chi connectivity index (χ4v) is 0.933. The lowest BCUT2D eigenvalue weighted by molar-refractivity contribution is 0.922. The minimum absolute atomic E-state index is 0.750. The number of aryl methyl sites for hydroxylation is 1. The minimum atomic E-state index is 0.750.